The molecule has 0 bridgehead atoms. The molecule has 3 N–H and O–H groups in total. The van der Waals surface area contributed by atoms with Crippen molar-refractivity contribution >= 4 is 8.60 Å². The molecule has 0 aromatic rings. The largest absolute Gasteiger partial charge is 0.329 e. The predicted molar refractivity (Wildman–Crippen MR) is 31.3 cm³/mol. The van der Waals surface area contributed by atoms with Crippen molar-refractivity contribution in [1.82, 2.24) is 0 Å². The van der Waals surface area contributed by atoms with Crippen LogP contribution in [0.5, 0.6) is 0 Å². The molecule has 0 heterocycles. The lowest BCUT2D eigenvalue weighted by Gasteiger charge is -2.20. The summed E-state index contributed by atoms with van der Waals surface area (Å²) in [5.41, 5.74) is 0. The van der Waals surface area contributed by atoms with Crippen LogP contribution in [0, 0.1) is 0 Å². The predicted octanol–water partition coefficient (Wildman–Crippen LogP) is 0.372. The Morgan fingerprint density at radius 1 is 1.30 bits per heavy atom. The van der Waals surface area contributed by atoms with E-state index in [-0.39, 0.29) is 0 Å². The van der Waals surface area contributed by atoms with Crippen molar-refractivity contribution in [3.05, 3.63) is 0 Å². The summed E-state index contributed by atoms with van der Waals surface area (Å²) in [6.07, 6.45) is 0. The summed E-state index contributed by atoms with van der Waals surface area (Å²) in [5.74, 6) is -1.37. The lowest BCUT2D eigenvalue weighted by Crippen LogP contribution is -2.25. The second kappa shape index (κ2) is 4.15. The van der Waals surface area contributed by atoms with Crippen molar-refractivity contribution in [2.24, 2.45) is 0 Å². The lowest BCUT2D eigenvalue weighted by atomic mass is 10.4. The van der Waals surface area contributed by atoms with Crippen LogP contribution in [0.1, 0.15) is 13.8 Å². The highest BCUT2D eigenvalue weighted by Gasteiger charge is 2.24. The van der Waals surface area contributed by atoms with Crippen LogP contribution < -0.4 is 0 Å². The van der Waals surface area contributed by atoms with Crippen molar-refractivity contribution in [1.29, 1.82) is 0 Å². The van der Waals surface area contributed by atoms with Crippen LogP contribution in [-0.4, -0.2) is 20.8 Å². The molecular weight excluding hydrogens is 163 g/mol. The van der Waals surface area contributed by atoms with Gasteiger partial charge in [0.1, 0.15) is 0 Å². The third kappa shape index (κ3) is 5.01. The molecule has 0 fully saturated rings. The molecule has 7 heteroatoms. The molecule has 62 valence electrons. The fraction of sp³-hybridized carbons (Fsp3) is 1.00. The summed E-state index contributed by atoms with van der Waals surface area (Å²) < 4.78 is 4.35. The Morgan fingerprint density at radius 3 is 2.10 bits per heavy atom. The van der Waals surface area contributed by atoms with Gasteiger partial charge in [0.05, 0.1) is 0 Å². The molecule has 0 aliphatic rings. The van der Waals surface area contributed by atoms with E-state index in [1.54, 1.807) is 0 Å². The first kappa shape index (κ1) is 10.2. The van der Waals surface area contributed by atoms with Crippen LogP contribution in [0.25, 0.3) is 0 Å². The van der Waals surface area contributed by atoms with Crippen molar-refractivity contribution in [2.75, 3.05) is 0 Å². The molecule has 0 spiro atoms. The molecule has 0 radical (unpaired) electrons. The monoisotopic (exact) mass is 172 g/mol. The average Bonchev–Trinajstić information content (AvgIpc) is 1.59. The van der Waals surface area contributed by atoms with Crippen molar-refractivity contribution < 1.29 is 29.5 Å². The van der Waals surface area contributed by atoms with E-state index < -0.39 is 14.4 Å². The molecule has 6 nitrogen and oxygen atoms in total. The van der Waals surface area contributed by atoms with Crippen LogP contribution in [0.4, 0.5) is 0 Å². The van der Waals surface area contributed by atoms with E-state index in [0.29, 0.717) is 0 Å². The Bertz CT molecular complexity index is 93.0. The molecule has 0 aromatic carbocycles. The van der Waals surface area contributed by atoms with Gasteiger partial charge in [0.2, 0.25) is 5.79 Å². The highest BCUT2D eigenvalue weighted by Crippen LogP contribution is 2.32. The van der Waals surface area contributed by atoms with Gasteiger partial charge in [-0.25, -0.2) is 5.26 Å². The molecule has 0 aromatic heterocycles. The summed E-state index contributed by atoms with van der Waals surface area (Å²) in [7, 11) is -2.52. The highest BCUT2D eigenvalue weighted by molar-refractivity contribution is 7.39. The maximum atomic E-state index is 8.30. The summed E-state index contributed by atoms with van der Waals surface area (Å²) >= 11 is 0. The van der Waals surface area contributed by atoms with E-state index in [1.807, 2.05) is 0 Å². The minimum atomic E-state index is -2.52. The lowest BCUT2D eigenvalue weighted by molar-refractivity contribution is -0.543. The van der Waals surface area contributed by atoms with Gasteiger partial charge in [0.15, 0.2) is 0 Å². The zero-order valence-corrected chi connectivity index (χ0v) is 6.41. The zero-order valence-electron chi connectivity index (χ0n) is 5.51. The minimum Gasteiger partial charge on any atom is -0.328 e. The number of hydrogen-bond donors (Lipinski definition) is 3. The second-order valence-corrected chi connectivity index (χ2v) is 2.59. The third-order valence-electron chi connectivity index (χ3n) is 0.539. The van der Waals surface area contributed by atoms with Gasteiger partial charge in [-0.3, -0.25) is 4.52 Å². The summed E-state index contributed by atoms with van der Waals surface area (Å²) in [5, 5.41) is 11.0. The van der Waals surface area contributed by atoms with Crippen LogP contribution >= 0.6 is 8.60 Å². The Hall–Kier alpha value is 0.190. The molecule has 0 aliphatic carbocycles. The van der Waals surface area contributed by atoms with Crippen molar-refractivity contribution in [2.45, 2.75) is 19.6 Å². The first-order valence-electron chi connectivity index (χ1n) is 2.34. The molecule has 10 heavy (non-hydrogen) atoms. The first-order chi connectivity index (χ1) is 4.48. The van der Waals surface area contributed by atoms with Gasteiger partial charge in [0, 0.05) is 0 Å². The molecule has 0 saturated heterocycles. The Morgan fingerprint density at radius 2 is 1.80 bits per heavy atom. The number of hydrogen-bond acceptors (Lipinski definition) is 6. The van der Waals surface area contributed by atoms with Gasteiger partial charge in [-0.05, 0) is 13.8 Å². The second-order valence-electron chi connectivity index (χ2n) is 1.90. The van der Waals surface area contributed by atoms with E-state index in [2.05, 4.69) is 14.4 Å². The highest BCUT2D eigenvalue weighted by atomic mass is 31.2. The molecule has 0 saturated carbocycles. The maximum absolute atomic E-state index is 8.30. The maximum Gasteiger partial charge on any atom is 0.329 e. The molecule has 0 atom stereocenters. The summed E-state index contributed by atoms with van der Waals surface area (Å²) in [6.45, 7) is 2.68. The Kier molecular flexibility index (Phi) is 4.23. The van der Waals surface area contributed by atoms with E-state index >= 15 is 0 Å². The fourth-order valence-corrected chi connectivity index (χ4v) is 0.725. The average molecular weight is 172 g/mol. The molecule has 0 amide bonds. The van der Waals surface area contributed by atoms with Gasteiger partial charge in [-0.1, -0.05) is 5.04 Å². The molecule has 0 unspecified atom stereocenters. The van der Waals surface area contributed by atoms with Crippen LogP contribution in [0.3, 0.4) is 0 Å². The van der Waals surface area contributed by atoms with E-state index in [1.165, 1.54) is 13.8 Å². The molecular formula is C3H9O6P. The molecule has 0 aliphatic heterocycles. The van der Waals surface area contributed by atoms with Crippen LogP contribution in [-0.2, 0) is 14.4 Å². The van der Waals surface area contributed by atoms with Crippen molar-refractivity contribution in [3.8, 4) is 0 Å². The Balaban J connectivity index is 3.63. The Labute approximate surface area is 58.8 Å². The van der Waals surface area contributed by atoms with Gasteiger partial charge in [0.25, 0.3) is 0 Å². The summed E-state index contributed by atoms with van der Waals surface area (Å²) in [4.78, 5) is 20.7. The standard InChI is InChI=1S/C3H9O6P/c1-3(2,7-9-4)8-10(5)6/h4-6H,1-2H3. The van der Waals surface area contributed by atoms with E-state index in [4.69, 9.17) is 15.0 Å². The smallest absolute Gasteiger partial charge is 0.328 e. The van der Waals surface area contributed by atoms with E-state index in [9.17, 15) is 0 Å². The van der Waals surface area contributed by atoms with Crippen LogP contribution in [0.15, 0.2) is 0 Å². The summed E-state index contributed by atoms with van der Waals surface area (Å²) in [6, 6.07) is 0. The topological polar surface area (TPSA) is 88.4 Å². The number of rotatable bonds is 4. The van der Waals surface area contributed by atoms with Gasteiger partial charge in [-0.2, -0.15) is 4.89 Å². The quantitative estimate of drug-likeness (QED) is 0.246. The van der Waals surface area contributed by atoms with Gasteiger partial charge >= 0.3 is 8.60 Å². The van der Waals surface area contributed by atoms with Gasteiger partial charge < -0.3 is 9.79 Å². The molecule has 0 rings (SSSR count). The van der Waals surface area contributed by atoms with Gasteiger partial charge in [-0.15, -0.1) is 0 Å². The normalized spacial score (nSPS) is 12.6. The SMILES string of the molecule is CC(C)(OOO)OP(O)O. The minimum absolute atomic E-state index is 1.34. The van der Waals surface area contributed by atoms with E-state index in [0.717, 1.165) is 0 Å². The van der Waals surface area contributed by atoms with Crippen molar-refractivity contribution in [3.63, 3.8) is 0 Å². The third-order valence-corrected chi connectivity index (χ3v) is 1.14. The first-order valence-corrected chi connectivity index (χ1v) is 3.51. The fourth-order valence-electron chi connectivity index (χ4n) is 0.302. The zero-order chi connectivity index (χ0) is 8.20. The van der Waals surface area contributed by atoms with Crippen LogP contribution in [0.2, 0.25) is 0 Å².